The maximum Gasteiger partial charge on any atom is 0.294 e. The number of rotatable bonds is 9. The minimum atomic E-state index is -4.22. The lowest BCUT2D eigenvalue weighted by Crippen LogP contribution is -2.20. The Balaban J connectivity index is 2.14. The molecule has 0 atom stereocenters. The van der Waals surface area contributed by atoms with Crippen LogP contribution in [0.25, 0.3) is 22.3 Å². The Morgan fingerprint density at radius 1 is 0.647 bits per heavy atom. The number of hydrogen-bond acceptors (Lipinski definition) is 2. The molecule has 0 bridgehead atoms. The van der Waals surface area contributed by atoms with Crippen molar-refractivity contribution < 1.29 is 13.0 Å². The van der Waals surface area contributed by atoms with Gasteiger partial charge >= 0.3 is 0 Å². The van der Waals surface area contributed by atoms with Gasteiger partial charge in [-0.1, -0.05) is 90.1 Å². The number of hydrogen-bond donors (Lipinski definition) is 1. The molecule has 0 aliphatic carbocycles. The molecule has 3 rings (SSSR count). The Morgan fingerprint density at radius 3 is 1.59 bits per heavy atom. The fourth-order valence-corrected chi connectivity index (χ4v) is 5.13. The van der Waals surface area contributed by atoms with Crippen molar-refractivity contribution in [1.29, 1.82) is 0 Å². The van der Waals surface area contributed by atoms with E-state index in [1.54, 1.807) is 12.1 Å². The molecule has 0 amide bonds. The Hall–Kier alpha value is -2.43. The van der Waals surface area contributed by atoms with Crippen LogP contribution in [0.3, 0.4) is 0 Å². The summed E-state index contributed by atoms with van der Waals surface area (Å²) in [4.78, 5) is -0.0896. The summed E-state index contributed by atoms with van der Waals surface area (Å²) in [5.74, 6) is 0. The highest BCUT2D eigenvalue weighted by Crippen LogP contribution is 2.41. The van der Waals surface area contributed by atoms with Gasteiger partial charge in [-0.3, -0.25) is 4.55 Å². The zero-order valence-electron chi connectivity index (χ0n) is 21.4. The highest BCUT2D eigenvalue weighted by molar-refractivity contribution is 7.85. The minimum absolute atomic E-state index is 0.00348. The lowest BCUT2D eigenvalue weighted by molar-refractivity contribution is 0.439. The van der Waals surface area contributed by atoms with Gasteiger partial charge in [0.25, 0.3) is 10.1 Å². The summed E-state index contributed by atoms with van der Waals surface area (Å²) in [5, 5.41) is 0. The first-order valence-electron chi connectivity index (χ1n) is 12.3. The molecule has 0 spiro atoms. The molecule has 34 heavy (non-hydrogen) atoms. The fourth-order valence-electron chi connectivity index (χ4n) is 4.65. The molecule has 4 heteroatoms. The first kappa shape index (κ1) is 26.2. The van der Waals surface area contributed by atoms with Gasteiger partial charge in [0.2, 0.25) is 0 Å². The quantitative estimate of drug-likeness (QED) is 0.314. The van der Waals surface area contributed by atoms with Crippen molar-refractivity contribution in [3.8, 4) is 22.3 Å². The average molecular weight is 479 g/mol. The Bertz CT molecular complexity index is 1220. The summed E-state index contributed by atoms with van der Waals surface area (Å²) < 4.78 is 32.5. The summed E-state index contributed by atoms with van der Waals surface area (Å²) in [6.07, 6.45) is 4.21. The second-order valence-electron chi connectivity index (χ2n) is 9.87. The monoisotopic (exact) mass is 478 g/mol. The van der Waals surface area contributed by atoms with Crippen LogP contribution in [0.4, 0.5) is 0 Å². The molecule has 3 aromatic rings. The SMILES string of the molecule is CCC(C)(CC)c1ccc(-c2ccc(C(C)(CC)CC)c(-c3ccc(S(=O)(=O)O)cc3)c2)cc1. The van der Waals surface area contributed by atoms with E-state index in [4.69, 9.17) is 0 Å². The molecule has 0 heterocycles. The fraction of sp³-hybridized carbons (Fsp3) is 0.400. The van der Waals surface area contributed by atoms with Crippen molar-refractivity contribution in [1.82, 2.24) is 0 Å². The lowest BCUT2D eigenvalue weighted by atomic mass is 9.74. The molecule has 0 saturated carbocycles. The summed E-state index contributed by atoms with van der Waals surface area (Å²) in [7, 11) is -4.22. The predicted octanol–water partition coefficient (Wildman–Crippen LogP) is 8.42. The molecule has 0 saturated heterocycles. The Labute approximate surface area is 206 Å². The van der Waals surface area contributed by atoms with E-state index >= 15 is 0 Å². The van der Waals surface area contributed by atoms with Crippen LogP contribution in [-0.2, 0) is 20.9 Å². The highest BCUT2D eigenvalue weighted by Gasteiger charge is 2.26. The highest BCUT2D eigenvalue weighted by atomic mass is 32.2. The normalized spacial score (nSPS) is 12.7. The maximum atomic E-state index is 11.5. The first-order valence-corrected chi connectivity index (χ1v) is 13.8. The average Bonchev–Trinajstić information content (AvgIpc) is 2.87. The molecule has 182 valence electrons. The van der Waals surface area contributed by atoms with Gasteiger partial charge in [-0.2, -0.15) is 8.42 Å². The van der Waals surface area contributed by atoms with Crippen LogP contribution >= 0.6 is 0 Å². The topological polar surface area (TPSA) is 54.4 Å². The zero-order chi connectivity index (χ0) is 25.1. The Kier molecular flexibility index (Phi) is 7.74. The van der Waals surface area contributed by atoms with Crippen LogP contribution in [0.1, 0.15) is 78.4 Å². The third-order valence-corrected chi connectivity index (χ3v) is 9.04. The van der Waals surface area contributed by atoms with Gasteiger partial charge in [-0.15, -0.1) is 0 Å². The van der Waals surface area contributed by atoms with Crippen LogP contribution in [0, 0.1) is 0 Å². The van der Waals surface area contributed by atoms with Crippen LogP contribution in [0.2, 0.25) is 0 Å². The van der Waals surface area contributed by atoms with Crippen LogP contribution in [0.15, 0.2) is 71.6 Å². The lowest BCUT2D eigenvalue weighted by Gasteiger charge is -2.30. The molecule has 0 aliphatic heterocycles. The van der Waals surface area contributed by atoms with Crippen LogP contribution < -0.4 is 0 Å². The largest absolute Gasteiger partial charge is 0.294 e. The molecule has 3 nitrogen and oxygen atoms in total. The van der Waals surface area contributed by atoms with E-state index < -0.39 is 10.1 Å². The Morgan fingerprint density at radius 2 is 1.12 bits per heavy atom. The predicted molar refractivity (Wildman–Crippen MR) is 143 cm³/mol. The summed E-state index contributed by atoms with van der Waals surface area (Å²) in [6, 6.07) is 22.1. The van der Waals surface area contributed by atoms with Gasteiger partial charge in [-0.05, 0) is 88.1 Å². The molecule has 0 radical (unpaired) electrons. The maximum absolute atomic E-state index is 11.5. The molecule has 0 aromatic heterocycles. The third kappa shape index (κ3) is 5.13. The molecule has 0 fully saturated rings. The molecular weight excluding hydrogens is 440 g/mol. The minimum Gasteiger partial charge on any atom is -0.282 e. The summed E-state index contributed by atoms with van der Waals surface area (Å²) in [6.45, 7) is 13.5. The van der Waals surface area contributed by atoms with E-state index in [-0.39, 0.29) is 15.7 Å². The standard InChI is InChI=1S/C30H38O3S/c1-7-29(5,8-2)25-16-11-22(12-17-25)24-15-20-28(30(6,9-3)10-4)27(21-24)23-13-18-26(19-14-23)34(31,32)33/h11-21H,7-10H2,1-6H3,(H,31,32,33). The van der Waals surface area contributed by atoms with Gasteiger partial charge < -0.3 is 0 Å². The van der Waals surface area contributed by atoms with Gasteiger partial charge in [0.05, 0.1) is 4.90 Å². The molecule has 3 aromatic carbocycles. The van der Waals surface area contributed by atoms with Gasteiger partial charge in [0, 0.05) is 0 Å². The van der Waals surface area contributed by atoms with Gasteiger partial charge in [-0.25, -0.2) is 0 Å². The zero-order valence-corrected chi connectivity index (χ0v) is 22.2. The smallest absolute Gasteiger partial charge is 0.282 e. The van der Waals surface area contributed by atoms with Crippen molar-refractivity contribution in [2.45, 2.75) is 83.0 Å². The third-order valence-electron chi connectivity index (χ3n) is 8.17. The van der Waals surface area contributed by atoms with E-state index in [0.29, 0.717) is 0 Å². The van der Waals surface area contributed by atoms with E-state index in [0.717, 1.165) is 47.9 Å². The summed E-state index contributed by atoms with van der Waals surface area (Å²) in [5.41, 5.74) is 7.14. The second kappa shape index (κ2) is 10.1. The van der Waals surface area contributed by atoms with E-state index in [2.05, 4.69) is 84.0 Å². The molecular formula is C30H38O3S. The van der Waals surface area contributed by atoms with E-state index in [1.165, 1.54) is 23.3 Å². The van der Waals surface area contributed by atoms with Crippen LogP contribution in [0.5, 0.6) is 0 Å². The number of benzene rings is 3. The van der Waals surface area contributed by atoms with Crippen molar-refractivity contribution in [2.75, 3.05) is 0 Å². The van der Waals surface area contributed by atoms with Crippen LogP contribution in [-0.4, -0.2) is 13.0 Å². The van der Waals surface area contributed by atoms with Crippen molar-refractivity contribution >= 4 is 10.1 Å². The van der Waals surface area contributed by atoms with Crippen molar-refractivity contribution in [3.63, 3.8) is 0 Å². The van der Waals surface area contributed by atoms with Crippen molar-refractivity contribution in [3.05, 3.63) is 77.9 Å². The molecule has 0 aliphatic rings. The van der Waals surface area contributed by atoms with E-state index in [9.17, 15) is 13.0 Å². The van der Waals surface area contributed by atoms with E-state index in [1.807, 2.05) is 0 Å². The van der Waals surface area contributed by atoms with Gasteiger partial charge in [0.15, 0.2) is 0 Å². The molecule has 1 N–H and O–H groups in total. The van der Waals surface area contributed by atoms with Gasteiger partial charge in [0.1, 0.15) is 0 Å². The molecule has 0 unspecified atom stereocenters. The first-order chi connectivity index (χ1) is 16.0. The summed E-state index contributed by atoms with van der Waals surface area (Å²) >= 11 is 0. The second-order valence-corrected chi connectivity index (χ2v) is 11.3. The van der Waals surface area contributed by atoms with Crippen molar-refractivity contribution in [2.24, 2.45) is 0 Å².